The minimum absolute atomic E-state index is 0.0322. The predicted octanol–water partition coefficient (Wildman–Crippen LogP) is 3.41. The van der Waals surface area contributed by atoms with Gasteiger partial charge in [-0.3, -0.25) is 4.79 Å². The standard InChI is InChI=1S/C14H17FO2/c1-8-5-9(2)14(15)12(6-8)11(7-13(16)17)10-3-4-10/h5-6,10-11H,3-4,7H2,1-2H3,(H,16,17). The Morgan fingerprint density at radius 3 is 2.65 bits per heavy atom. The van der Waals surface area contributed by atoms with Gasteiger partial charge in [-0.25, -0.2) is 4.39 Å². The highest BCUT2D eigenvalue weighted by atomic mass is 19.1. The number of hydrogen-bond acceptors (Lipinski definition) is 1. The van der Waals surface area contributed by atoms with E-state index in [0.29, 0.717) is 17.0 Å². The predicted molar refractivity (Wildman–Crippen MR) is 63.6 cm³/mol. The molecule has 0 spiro atoms. The fraction of sp³-hybridized carbons (Fsp3) is 0.500. The second-order valence-electron chi connectivity index (χ2n) is 5.03. The number of carbonyl (C=O) groups is 1. The summed E-state index contributed by atoms with van der Waals surface area (Å²) in [5.74, 6) is -0.887. The first-order valence-corrected chi connectivity index (χ1v) is 5.97. The molecule has 1 unspecified atom stereocenters. The van der Waals surface area contributed by atoms with Gasteiger partial charge in [0.15, 0.2) is 0 Å². The Hall–Kier alpha value is -1.38. The van der Waals surface area contributed by atoms with Crippen LogP contribution in [-0.4, -0.2) is 11.1 Å². The van der Waals surface area contributed by atoms with E-state index in [9.17, 15) is 9.18 Å². The molecule has 1 saturated carbocycles. The molecule has 0 saturated heterocycles. The van der Waals surface area contributed by atoms with E-state index in [1.165, 1.54) is 0 Å². The number of aryl methyl sites for hydroxylation is 2. The lowest BCUT2D eigenvalue weighted by Gasteiger charge is -2.17. The van der Waals surface area contributed by atoms with E-state index in [0.717, 1.165) is 18.4 Å². The molecule has 0 aromatic heterocycles. The summed E-state index contributed by atoms with van der Waals surface area (Å²) in [6.45, 7) is 3.65. The van der Waals surface area contributed by atoms with E-state index < -0.39 is 5.97 Å². The van der Waals surface area contributed by atoms with E-state index in [-0.39, 0.29) is 18.2 Å². The van der Waals surface area contributed by atoms with Gasteiger partial charge in [-0.1, -0.05) is 17.7 Å². The van der Waals surface area contributed by atoms with Crippen LogP contribution in [0, 0.1) is 25.6 Å². The Kier molecular flexibility index (Phi) is 3.18. The van der Waals surface area contributed by atoms with Crippen LogP contribution in [0.2, 0.25) is 0 Å². The Bertz CT molecular complexity index is 450. The molecule has 92 valence electrons. The maximum absolute atomic E-state index is 14.1. The molecule has 1 aliphatic rings. The van der Waals surface area contributed by atoms with Gasteiger partial charge in [-0.2, -0.15) is 0 Å². The number of aliphatic carboxylic acids is 1. The van der Waals surface area contributed by atoms with Crippen LogP contribution >= 0.6 is 0 Å². The summed E-state index contributed by atoms with van der Waals surface area (Å²) in [5, 5.41) is 8.93. The van der Waals surface area contributed by atoms with Gasteiger partial charge in [0.05, 0.1) is 6.42 Å². The van der Waals surface area contributed by atoms with Crippen LogP contribution in [-0.2, 0) is 4.79 Å². The van der Waals surface area contributed by atoms with E-state index in [1.807, 2.05) is 6.92 Å². The first kappa shape index (κ1) is 12.1. The molecule has 2 rings (SSSR count). The van der Waals surface area contributed by atoms with Crippen LogP contribution < -0.4 is 0 Å². The Labute approximate surface area is 100 Å². The van der Waals surface area contributed by atoms with E-state index in [1.54, 1.807) is 19.1 Å². The summed E-state index contributed by atoms with van der Waals surface area (Å²) in [4.78, 5) is 10.9. The largest absolute Gasteiger partial charge is 0.481 e. The quantitative estimate of drug-likeness (QED) is 0.869. The van der Waals surface area contributed by atoms with Crippen molar-refractivity contribution in [2.45, 2.75) is 39.0 Å². The van der Waals surface area contributed by atoms with Gasteiger partial charge in [0.2, 0.25) is 0 Å². The van der Waals surface area contributed by atoms with Crippen molar-refractivity contribution in [2.75, 3.05) is 0 Å². The molecule has 1 aliphatic carbocycles. The lowest BCUT2D eigenvalue weighted by molar-refractivity contribution is -0.137. The summed E-state index contributed by atoms with van der Waals surface area (Å²) in [6.07, 6.45) is 2.07. The summed E-state index contributed by atoms with van der Waals surface area (Å²) < 4.78 is 14.1. The Balaban J connectivity index is 2.38. The van der Waals surface area contributed by atoms with Crippen molar-refractivity contribution >= 4 is 5.97 Å². The van der Waals surface area contributed by atoms with Crippen LogP contribution in [0.5, 0.6) is 0 Å². The number of halogens is 1. The number of carboxylic acids is 1. The van der Waals surface area contributed by atoms with Crippen molar-refractivity contribution in [1.29, 1.82) is 0 Å². The Morgan fingerprint density at radius 2 is 2.12 bits per heavy atom. The fourth-order valence-electron chi connectivity index (χ4n) is 2.47. The molecule has 0 bridgehead atoms. The van der Waals surface area contributed by atoms with Gasteiger partial charge in [0.25, 0.3) is 0 Å². The van der Waals surface area contributed by atoms with Crippen LogP contribution in [0.1, 0.15) is 41.9 Å². The van der Waals surface area contributed by atoms with Gasteiger partial charge in [0.1, 0.15) is 5.82 Å². The van der Waals surface area contributed by atoms with Crippen LogP contribution in [0.4, 0.5) is 4.39 Å². The molecule has 1 aromatic carbocycles. The van der Waals surface area contributed by atoms with Crippen LogP contribution in [0.25, 0.3) is 0 Å². The number of carboxylic acid groups (broad SMARTS) is 1. The summed E-state index contributed by atoms with van der Waals surface area (Å²) in [5.41, 5.74) is 2.19. The molecule has 1 atom stereocenters. The third-order valence-electron chi connectivity index (χ3n) is 3.41. The monoisotopic (exact) mass is 236 g/mol. The smallest absolute Gasteiger partial charge is 0.303 e. The molecule has 0 radical (unpaired) electrons. The third kappa shape index (κ3) is 2.65. The number of benzene rings is 1. The van der Waals surface area contributed by atoms with Gasteiger partial charge in [0, 0.05) is 5.92 Å². The van der Waals surface area contributed by atoms with Gasteiger partial charge >= 0.3 is 5.97 Å². The zero-order chi connectivity index (χ0) is 12.6. The minimum atomic E-state index is -0.847. The second kappa shape index (κ2) is 4.47. The van der Waals surface area contributed by atoms with Gasteiger partial charge < -0.3 is 5.11 Å². The highest BCUT2D eigenvalue weighted by Crippen LogP contribution is 2.45. The highest BCUT2D eigenvalue weighted by molar-refractivity contribution is 5.68. The lowest BCUT2D eigenvalue weighted by Crippen LogP contribution is -2.11. The molecule has 1 fully saturated rings. The van der Waals surface area contributed by atoms with Crippen LogP contribution in [0.3, 0.4) is 0 Å². The molecular formula is C14H17FO2. The molecule has 17 heavy (non-hydrogen) atoms. The summed E-state index contributed by atoms with van der Waals surface area (Å²) >= 11 is 0. The average molecular weight is 236 g/mol. The first-order valence-electron chi connectivity index (χ1n) is 5.97. The molecule has 0 amide bonds. The molecule has 1 N–H and O–H groups in total. The second-order valence-corrected chi connectivity index (χ2v) is 5.03. The maximum atomic E-state index is 14.1. The van der Waals surface area contributed by atoms with E-state index in [4.69, 9.17) is 5.11 Å². The average Bonchev–Trinajstić information content (AvgIpc) is 3.03. The van der Waals surface area contributed by atoms with Crippen molar-refractivity contribution in [3.63, 3.8) is 0 Å². The van der Waals surface area contributed by atoms with E-state index >= 15 is 0 Å². The van der Waals surface area contributed by atoms with Crippen molar-refractivity contribution < 1.29 is 14.3 Å². The lowest BCUT2D eigenvalue weighted by atomic mass is 9.88. The fourth-order valence-corrected chi connectivity index (χ4v) is 2.47. The van der Waals surface area contributed by atoms with Crippen molar-refractivity contribution in [3.8, 4) is 0 Å². The van der Waals surface area contributed by atoms with Crippen LogP contribution in [0.15, 0.2) is 12.1 Å². The zero-order valence-electron chi connectivity index (χ0n) is 10.2. The molecule has 3 heteroatoms. The SMILES string of the molecule is Cc1cc(C)c(F)c(C(CC(=O)O)C2CC2)c1. The third-order valence-corrected chi connectivity index (χ3v) is 3.41. The van der Waals surface area contributed by atoms with Gasteiger partial charge in [-0.05, 0) is 43.7 Å². The maximum Gasteiger partial charge on any atom is 0.303 e. The number of rotatable bonds is 4. The zero-order valence-corrected chi connectivity index (χ0v) is 10.2. The molecule has 1 aromatic rings. The molecular weight excluding hydrogens is 219 g/mol. The molecule has 2 nitrogen and oxygen atoms in total. The molecule has 0 aliphatic heterocycles. The highest BCUT2D eigenvalue weighted by Gasteiger charge is 2.35. The van der Waals surface area contributed by atoms with Crippen molar-refractivity contribution in [3.05, 3.63) is 34.6 Å². The summed E-state index contributed by atoms with van der Waals surface area (Å²) in [7, 11) is 0. The van der Waals surface area contributed by atoms with E-state index in [2.05, 4.69) is 0 Å². The Morgan fingerprint density at radius 1 is 1.47 bits per heavy atom. The van der Waals surface area contributed by atoms with Gasteiger partial charge in [-0.15, -0.1) is 0 Å². The van der Waals surface area contributed by atoms with Crippen molar-refractivity contribution in [1.82, 2.24) is 0 Å². The van der Waals surface area contributed by atoms with Crippen molar-refractivity contribution in [2.24, 2.45) is 5.92 Å². The number of hydrogen-bond donors (Lipinski definition) is 1. The molecule has 0 heterocycles. The summed E-state index contributed by atoms with van der Waals surface area (Å²) in [6, 6.07) is 3.60. The topological polar surface area (TPSA) is 37.3 Å². The minimum Gasteiger partial charge on any atom is -0.481 e. The first-order chi connectivity index (χ1) is 7.99. The normalized spacial score (nSPS) is 16.9.